The summed E-state index contributed by atoms with van der Waals surface area (Å²) >= 11 is 0. The highest BCUT2D eigenvalue weighted by molar-refractivity contribution is 5.97. The van der Waals surface area contributed by atoms with Gasteiger partial charge in [-0.1, -0.05) is 12.1 Å². The van der Waals surface area contributed by atoms with E-state index in [1.165, 1.54) is 60.8 Å². The Balaban J connectivity index is 0.913. The molecular formula is C35H40N2O2. The van der Waals surface area contributed by atoms with Crippen LogP contribution in [0.25, 0.3) is 11.1 Å². The van der Waals surface area contributed by atoms with Gasteiger partial charge in [0.2, 0.25) is 11.8 Å². The normalized spacial score (nSPS) is 39.9. The molecule has 0 unspecified atom stereocenters. The third-order valence-corrected chi connectivity index (χ3v) is 12.4. The maximum absolute atomic E-state index is 13.6. The van der Waals surface area contributed by atoms with Crippen LogP contribution in [0.2, 0.25) is 0 Å². The van der Waals surface area contributed by atoms with E-state index in [1.54, 1.807) is 0 Å². The van der Waals surface area contributed by atoms with Gasteiger partial charge in [-0.2, -0.15) is 0 Å². The molecule has 4 heteroatoms. The zero-order valence-corrected chi connectivity index (χ0v) is 22.9. The predicted molar refractivity (Wildman–Crippen MR) is 153 cm³/mol. The van der Waals surface area contributed by atoms with Crippen LogP contribution in [0.3, 0.4) is 0 Å². The maximum Gasteiger partial charge on any atom is 0.230 e. The lowest BCUT2D eigenvalue weighted by atomic mass is 9.49. The fourth-order valence-corrected chi connectivity index (χ4v) is 11.7. The van der Waals surface area contributed by atoms with Crippen molar-refractivity contribution >= 4 is 23.2 Å². The molecule has 0 radical (unpaired) electrons. The van der Waals surface area contributed by atoms with E-state index in [0.717, 1.165) is 91.8 Å². The first-order valence-corrected chi connectivity index (χ1v) is 15.8. The van der Waals surface area contributed by atoms with E-state index < -0.39 is 0 Å². The van der Waals surface area contributed by atoms with Crippen molar-refractivity contribution in [3.05, 3.63) is 47.5 Å². The van der Waals surface area contributed by atoms with Crippen molar-refractivity contribution in [3.63, 3.8) is 0 Å². The van der Waals surface area contributed by atoms with Crippen molar-refractivity contribution in [1.82, 2.24) is 0 Å². The number of nitrogens with one attached hydrogen (secondary N) is 2. The second-order valence-electron chi connectivity index (χ2n) is 15.2. The number of fused-ring (bicyclic) bond motifs is 3. The molecule has 0 heterocycles. The number of rotatable bonds is 4. The molecule has 0 aliphatic heterocycles. The van der Waals surface area contributed by atoms with Crippen LogP contribution in [-0.2, 0) is 16.0 Å². The van der Waals surface area contributed by atoms with Gasteiger partial charge in [0.25, 0.3) is 0 Å². The maximum atomic E-state index is 13.6. The van der Waals surface area contributed by atoms with Crippen LogP contribution in [0.1, 0.15) is 88.2 Å². The van der Waals surface area contributed by atoms with Gasteiger partial charge in [0, 0.05) is 11.4 Å². The summed E-state index contributed by atoms with van der Waals surface area (Å²) in [5.41, 5.74) is 6.71. The smallest absolute Gasteiger partial charge is 0.230 e. The van der Waals surface area contributed by atoms with E-state index >= 15 is 0 Å². The van der Waals surface area contributed by atoms with Gasteiger partial charge in [-0.15, -0.1) is 0 Å². The van der Waals surface area contributed by atoms with Gasteiger partial charge in [-0.25, -0.2) is 0 Å². The average Bonchev–Trinajstić information content (AvgIpc) is 3.24. The van der Waals surface area contributed by atoms with Crippen LogP contribution in [0.4, 0.5) is 11.4 Å². The zero-order valence-electron chi connectivity index (χ0n) is 22.9. The van der Waals surface area contributed by atoms with Crippen molar-refractivity contribution in [2.75, 3.05) is 10.6 Å². The summed E-state index contributed by atoms with van der Waals surface area (Å²) in [6.07, 6.45) is 15.6. The number of carbonyl (C=O) groups is 2. The Morgan fingerprint density at radius 2 is 0.872 bits per heavy atom. The molecule has 4 nitrogen and oxygen atoms in total. The summed E-state index contributed by atoms with van der Waals surface area (Å²) < 4.78 is 0. The fourth-order valence-electron chi connectivity index (χ4n) is 11.7. The lowest BCUT2D eigenvalue weighted by Gasteiger charge is -2.55. The molecule has 0 saturated heterocycles. The van der Waals surface area contributed by atoms with E-state index in [9.17, 15) is 9.59 Å². The third kappa shape index (κ3) is 3.55. The number of carbonyl (C=O) groups excluding carboxylic acids is 2. The Hall–Kier alpha value is -2.62. The summed E-state index contributed by atoms with van der Waals surface area (Å²) in [5.74, 6) is 5.17. The third-order valence-electron chi connectivity index (χ3n) is 12.4. The monoisotopic (exact) mass is 520 g/mol. The number of amides is 2. The molecule has 9 aliphatic rings. The first kappa shape index (κ1) is 23.1. The molecule has 2 aromatic carbocycles. The van der Waals surface area contributed by atoms with Crippen LogP contribution in [0.5, 0.6) is 0 Å². The molecule has 11 rings (SSSR count). The number of benzene rings is 2. The molecule has 202 valence electrons. The quantitative estimate of drug-likeness (QED) is 0.373. The Morgan fingerprint density at radius 3 is 1.21 bits per heavy atom. The van der Waals surface area contributed by atoms with E-state index in [0.29, 0.717) is 0 Å². The van der Waals surface area contributed by atoms with Crippen molar-refractivity contribution in [1.29, 1.82) is 0 Å². The van der Waals surface area contributed by atoms with E-state index in [2.05, 4.69) is 47.0 Å². The number of hydrogen-bond acceptors (Lipinski definition) is 2. The Bertz CT molecular complexity index is 1230. The molecular weight excluding hydrogens is 480 g/mol. The fraction of sp³-hybridized carbons (Fsp3) is 0.600. The summed E-state index contributed by atoms with van der Waals surface area (Å²) in [7, 11) is 0. The van der Waals surface area contributed by atoms with E-state index in [4.69, 9.17) is 0 Å². The molecule has 2 amide bonds. The first-order chi connectivity index (χ1) is 18.9. The summed E-state index contributed by atoms with van der Waals surface area (Å²) in [5, 5.41) is 6.72. The van der Waals surface area contributed by atoms with Gasteiger partial charge < -0.3 is 10.6 Å². The average molecular weight is 521 g/mol. The minimum absolute atomic E-state index is 0.124. The molecule has 2 aromatic rings. The molecule has 39 heavy (non-hydrogen) atoms. The largest absolute Gasteiger partial charge is 0.326 e. The Kier molecular flexibility index (Phi) is 4.73. The zero-order chi connectivity index (χ0) is 25.9. The minimum Gasteiger partial charge on any atom is -0.326 e. The lowest BCUT2D eigenvalue weighted by molar-refractivity contribution is -0.141. The Labute approximate surface area is 231 Å². The molecule has 2 N–H and O–H groups in total. The van der Waals surface area contributed by atoms with Gasteiger partial charge in [0.1, 0.15) is 0 Å². The van der Waals surface area contributed by atoms with Crippen LogP contribution in [-0.4, -0.2) is 11.8 Å². The van der Waals surface area contributed by atoms with Crippen LogP contribution in [0.15, 0.2) is 36.4 Å². The van der Waals surface area contributed by atoms with Crippen LogP contribution < -0.4 is 10.6 Å². The van der Waals surface area contributed by atoms with Gasteiger partial charge in [-0.05, 0) is 165 Å². The van der Waals surface area contributed by atoms with Gasteiger partial charge in [0.05, 0.1) is 10.8 Å². The summed E-state index contributed by atoms with van der Waals surface area (Å²) in [4.78, 5) is 27.2. The lowest BCUT2D eigenvalue weighted by Crippen LogP contribution is -2.51. The topological polar surface area (TPSA) is 58.2 Å². The van der Waals surface area contributed by atoms with Crippen molar-refractivity contribution < 1.29 is 9.59 Å². The SMILES string of the molecule is O=C(Nc1ccc2c(c1)Cc1cc(NC(=O)C34CC5CC(CC(C5)C3)C4)ccc1-2)C12CC3CC(CC(C3)C1)C2. The van der Waals surface area contributed by atoms with Crippen LogP contribution >= 0.6 is 0 Å². The van der Waals surface area contributed by atoms with Crippen molar-refractivity contribution in [3.8, 4) is 11.1 Å². The minimum atomic E-state index is -0.124. The highest BCUT2D eigenvalue weighted by Crippen LogP contribution is 2.61. The van der Waals surface area contributed by atoms with Gasteiger partial charge >= 0.3 is 0 Å². The first-order valence-electron chi connectivity index (χ1n) is 15.8. The molecule has 8 bridgehead atoms. The van der Waals surface area contributed by atoms with Gasteiger partial charge in [-0.3, -0.25) is 9.59 Å². The summed E-state index contributed by atoms with van der Waals surface area (Å²) in [6.45, 7) is 0. The van der Waals surface area contributed by atoms with E-state index in [1.807, 2.05) is 0 Å². The molecule has 0 aromatic heterocycles. The Morgan fingerprint density at radius 1 is 0.538 bits per heavy atom. The number of anilines is 2. The van der Waals surface area contributed by atoms with Gasteiger partial charge in [0.15, 0.2) is 0 Å². The second kappa shape index (κ2) is 7.98. The molecule has 8 fully saturated rings. The van der Waals surface area contributed by atoms with E-state index in [-0.39, 0.29) is 22.6 Å². The second-order valence-corrected chi connectivity index (χ2v) is 15.2. The highest BCUT2D eigenvalue weighted by atomic mass is 16.2. The molecule has 0 atom stereocenters. The van der Waals surface area contributed by atoms with Crippen molar-refractivity contribution in [2.24, 2.45) is 46.3 Å². The molecule has 8 saturated carbocycles. The number of hydrogen-bond donors (Lipinski definition) is 2. The van der Waals surface area contributed by atoms with Crippen molar-refractivity contribution in [2.45, 2.75) is 83.5 Å². The standard InChI is InChI=1S/C35H40N2O2/c38-32(34-14-20-5-21(15-34)7-22(6-20)16-34)36-28-1-3-30-26(12-28)11-27-13-29(2-4-31(27)30)37-33(39)35-17-23-8-24(18-35)10-25(9-23)19-35/h1-4,12-13,20-25H,5-11,14-19H2,(H,36,38)(H,37,39). The predicted octanol–water partition coefficient (Wildman–Crippen LogP) is 7.57. The highest BCUT2D eigenvalue weighted by Gasteiger charge is 2.55. The molecule has 9 aliphatic carbocycles. The summed E-state index contributed by atoms with van der Waals surface area (Å²) in [6, 6.07) is 12.9. The van der Waals surface area contributed by atoms with Crippen LogP contribution in [0, 0.1) is 46.3 Å². The molecule has 0 spiro atoms.